The Morgan fingerprint density at radius 2 is 1.74 bits per heavy atom. The zero-order valence-electron chi connectivity index (χ0n) is 24.2. The van der Waals surface area contributed by atoms with E-state index in [-0.39, 0.29) is 10.8 Å². The van der Waals surface area contributed by atoms with Crippen molar-refractivity contribution in [3.8, 4) is 6.07 Å². The molecule has 43 heavy (non-hydrogen) atoms. The molecule has 1 aliphatic heterocycles. The molecule has 0 amide bonds. The number of likely N-dealkylation sites (tertiary alicyclic amines) is 1. The smallest absolute Gasteiger partial charge is 0.196 e. The van der Waals surface area contributed by atoms with Crippen LogP contribution in [0.2, 0.25) is 0 Å². The van der Waals surface area contributed by atoms with Gasteiger partial charge in [-0.05, 0) is 97.7 Å². The van der Waals surface area contributed by atoms with Crippen molar-refractivity contribution in [2.45, 2.75) is 30.9 Å². The van der Waals surface area contributed by atoms with Crippen LogP contribution in [0.25, 0.3) is 21.8 Å². The molecule has 220 valence electrons. The van der Waals surface area contributed by atoms with Gasteiger partial charge in [-0.2, -0.15) is 5.26 Å². The summed E-state index contributed by atoms with van der Waals surface area (Å²) in [6.45, 7) is 3.83. The minimum Gasteiger partial charge on any atom is -0.375 e. The van der Waals surface area contributed by atoms with Crippen molar-refractivity contribution in [3.63, 3.8) is 0 Å². The maximum absolute atomic E-state index is 13.0. The minimum absolute atomic E-state index is 0.218. The normalized spacial score (nSPS) is 14.7. The minimum atomic E-state index is -3.52. The molecule has 0 spiro atoms. The largest absolute Gasteiger partial charge is 0.375 e. The molecule has 0 bridgehead atoms. The van der Waals surface area contributed by atoms with Gasteiger partial charge < -0.3 is 19.5 Å². The number of sulfone groups is 1. The van der Waals surface area contributed by atoms with E-state index in [0.29, 0.717) is 31.4 Å². The second-order valence-corrected chi connectivity index (χ2v) is 13.3. The third-order valence-corrected chi connectivity index (χ3v) is 9.75. The van der Waals surface area contributed by atoms with Crippen LogP contribution in [-0.2, 0) is 27.7 Å². The highest BCUT2D eigenvalue weighted by Gasteiger charge is 2.19. The van der Waals surface area contributed by atoms with Gasteiger partial charge >= 0.3 is 0 Å². The van der Waals surface area contributed by atoms with Crippen LogP contribution in [0.5, 0.6) is 0 Å². The van der Waals surface area contributed by atoms with Gasteiger partial charge in [0.2, 0.25) is 0 Å². The Hall–Kier alpha value is -4.23. The second-order valence-electron chi connectivity index (χ2n) is 11.3. The summed E-state index contributed by atoms with van der Waals surface area (Å²) in [6.07, 6.45) is 2.27. The predicted molar refractivity (Wildman–Crippen MR) is 169 cm³/mol. The van der Waals surface area contributed by atoms with Gasteiger partial charge in [0.25, 0.3) is 0 Å². The summed E-state index contributed by atoms with van der Waals surface area (Å²) in [5, 5.41) is 15.7. The highest BCUT2D eigenvalue weighted by molar-refractivity contribution is 7.91. The van der Waals surface area contributed by atoms with Crippen LogP contribution in [0.1, 0.15) is 29.8 Å². The quantitative estimate of drug-likeness (QED) is 0.218. The number of aromatic nitrogens is 2. The van der Waals surface area contributed by atoms with Gasteiger partial charge in [-0.3, -0.25) is 0 Å². The molecule has 3 aromatic carbocycles. The molecule has 1 fully saturated rings. The molecule has 0 aliphatic carbocycles. The molecule has 0 radical (unpaired) electrons. The number of benzene rings is 3. The summed E-state index contributed by atoms with van der Waals surface area (Å²) in [5.74, 6) is 0.334. The Bertz CT molecular complexity index is 1890. The van der Waals surface area contributed by atoms with Gasteiger partial charge in [-0.1, -0.05) is 42.5 Å². The molecule has 6 rings (SSSR count). The Balaban J connectivity index is 1.31. The molecular weight excluding hydrogens is 558 g/mol. The van der Waals surface area contributed by atoms with E-state index in [1.165, 1.54) is 0 Å². The molecule has 2 aromatic heterocycles. The van der Waals surface area contributed by atoms with Crippen molar-refractivity contribution in [3.05, 3.63) is 102 Å². The zero-order chi connectivity index (χ0) is 29.8. The Labute approximate surface area is 252 Å². The van der Waals surface area contributed by atoms with Crippen molar-refractivity contribution in [2.75, 3.05) is 37.9 Å². The SMILES string of the molecule is CN1CCC(COCc2cc3ccc(C#N)nc3n2Cc2cc(NCS(=O)(=O)c3ccccc3)cc3ccccc23)CC1. The summed E-state index contributed by atoms with van der Waals surface area (Å²) in [6, 6.07) is 28.5. The molecule has 9 heteroatoms. The lowest BCUT2D eigenvalue weighted by molar-refractivity contribution is 0.0595. The van der Waals surface area contributed by atoms with Crippen LogP contribution >= 0.6 is 0 Å². The highest BCUT2D eigenvalue weighted by Crippen LogP contribution is 2.29. The lowest BCUT2D eigenvalue weighted by Gasteiger charge is -2.28. The van der Waals surface area contributed by atoms with Crippen LogP contribution in [0.3, 0.4) is 0 Å². The highest BCUT2D eigenvalue weighted by atomic mass is 32.2. The first-order valence-corrected chi connectivity index (χ1v) is 16.2. The number of nitrogens with zero attached hydrogens (tertiary/aromatic N) is 4. The first kappa shape index (κ1) is 28.9. The van der Waals surface area contributed by atoms with E-state index in [1.807, 2.05) is 36.4 Å². The number of ether oxygens (including phenoxy) is 1. The van der Waals surface area contributed by atoms with E-state index in [9.17, 15) is 13.7 Å². The predicted octanol–water partition coefficient (Wildman–Crippen LogP) is 5.81. The van der Waals surface area contributed by atoms with Crippen LogP contribution in [0, 0.1) is 17.2 Å². The van der Waals surface area contributed by atoms with Crippen molar-refractivity contribution < 1.29 is 13.2 Å². The molecule has 1 aliphatic rings. The van der Waals surface area contributed by atoms with Crippen molar-refractivity contribution in [1.82, 2.24) is 14.5 Å². The van der Waals surface area contributed by atoms with Crippen LogP contribution < -0.4 is 5.32 Å². The molecule has 3 heterocycles. The van der Waals surface area contributed by atoms with Crippen molar-refractivity contribution in [2.24, 2.45) is 5.92 Å². The van der Waals surface area contributed by atoms with Gasteiger partial charge in [-0.15, -0.1) is 0 Å². The van der Waals surface area contributed by atoms with Gasteiger partial charge in [0.05, 0.1) is 24.7 Å². The molecule has 0 saturated carbocycles. The maximum atomic E-state index is 13.0. The number of piperidine rings is 1. The monoisotopic (exact) mass is 593 g/mol. The van der Waals surface area contributed by atoms with Crippen LogP contribution in [0.15, 0.2) is 89.8 Å². The second kappa shape index (κ2) is 12.6. The number of anilines is 1. The lowest BCUT2D eigenvalue weighted by Crippen LogP contribution is -2.32. The third-order valence-electron chi connectivity index (χ3n) is 8.23. The third kappa shape index (κ3) is 6.57. The average Bonchev–Trinajstić information content (AvgIpc) is 3.37. The first-order valence-electron chi connectivity index (χ1n) is 14.6. The van der Waals surface area contributed by atoms with E-state index in [4.69, 9.17) is 4.74 Å². The molecule has 0 atom stereocenters. The van der Waals surface area contributed by atoms with Crippen molar-refractivity contribution >= 4 is 37.3 Å². The number of nitrogens with one attached hydrogen (secondary N) is 1. The zero-order valence-corrected chi connectivity index (χ0v) is 25.1. The van der Waals surface area contributed by atoms with Gasteiger partial charge in [0.1, 0.15) is 23.3 Å². The molecule has 5 aromatic rings. The summed E-state index contributed by atoms with van der Waals surface area (Å²) in [5.41, 5.74) is 3.80. The Kier molecular flexibility index (Phi) is 8.43. The van der Waals surface area contributed by atoms with Crippen LogP contribution in [-0.4, -0.2) is 55.5 Å². The lowest BCUT2D eigenvalue weighted by atomic mass is 9.98. The topological polar surface area (TPSA) is 100 Å². The molecular formula is C34H35N5O3S. The molecule has 8 nitrogen and oxygen atoms in total. The van der Waals surface area contributed by atoms with Gasteiger partial charge in [-0.25, -0.2) is 13.4 Å². The number of hydrogen-bond donors (Lipinski definition) is 1. The Morgan fingerprint density at radius 1 is 0.977 bits per heavy atom. The van der Waals surface area contributed by atoms with Gasteiger partial charge in [0.15, 0.2) is 9.84 Å². The number of pyridine rings is 1. The van der Waals surface area contributed by atoms with Crippen LogP contribution in [0.4, 0.5) is 5.69 Å². The fourth-order valence-corrected chi connectivity index (χ4v) is 6.88. The van der Waals surface area contributed by atoms with E-state index >= 15 is 0 Å². The summed E-state index contributed by atoms with van der Waals surface area (Å²) >= 11 is 0. The van der Waals surface area contributed by atoms with E-state index in [0.717, 1.165) is 64.7 Å². The molecule has 1 saturated heterocycles. The average molecular weight is 594 g/mol. The number of rotatable bonds is 10. The summed E-state index contributed by atoms with van der Waals surface area (Å²) < 4.78 is 34.3. The maximum Gasteiger partial charge on any atom is 0.196 e. The number of nitriles is 1. The van der Waals surface area contributed by atoms with E-state index in [1.54, 1.807) is 36.4 Å². The molecule has 1 N–H and O–H groups in total. The van der Waals surface area contributed by atoms with Crippen molar-refractivity contribution in [1.29, 1.82) is 5.26 Å². The standard InChI is InChI=1S/C34H35N5O3S/c1-38-15-13-25(14-16-38)22-42-23-31-19-27-11-12-29(20-35)37-34(27)39(31)21-28-18-30(17-26-7-5-6-10-33(26)28)36-24-43(40,41)32-8-3-2-4-9-32/h2-12,17-19,25,36H,13-16,21-24H2,1H3. The summed E-state index contributed by atoms with van der Waals surface area (Å²) in [7, 11) is -1.36. The van der Waals surface area contributed by atoms with E-state index < -0.39 is 9.84 Å². The van der Waals surface area contributed by atoms with E-state index in [2.05, 4.69) is 45.0 Å². The fraction of sp³-hybridized carbons (Fsp3) is 0.294. The summed E-state index contributed by atoms with van der Waals surface area (Å²) in [4.78, 5) is 7.31. The first-order chi connectivity index (χ1) is 20.9. The van der Waals surface area contributed by atoms with Gasteiger partial charge in [0, 0.05) is 16.8 Å². The fourth-order valence-electron chi connectivity index (χ4n) is 5.78. The number of fused-ring (bicyclic) bond motifs is 2. The number of hydrogen-bond acceptors (Lipinski definition) is 7. The molecule has 0 unspecified atom stereocenters. The Morgan fingerprint density at radius 3 is 2.53 bits per heavy atom.